The molecule has 1 aromatic carbocycles. The Bertz CT molecular complexity index is 845. The fraction of sp³-hybridized carbons (Fsp3) is 0.500. The van der Waals surface area contributed by atoms with E-state index in [1.165, 1.54) is 0 Å². The molecule has 33 heavy (non-hydrogen) atoms. The molecule has 0 aliphatic heterocycles. The number of benzene rings is 1. The maximum Gasteiger partial charge on any atom is 0.499 e. The molecule has 0 heterocycles. The standard InChI is InChI=1S/C12H3F15NO5/c13-7(14,15)10(22,23)31-4-2-1-3(28(29)30)5(32-11(24,25)8(16,17)18)6(4)33-12(26,27)9(19,20)21/h1-2,29H/q-1. The number of anilines is 1. The molecule has 0 saturated heterocycles. The van der Waals surface area contributed by atoms with Crippen LogP contribution in [-0.4, -0.2) is 42.1 Å². The van der Waals surface area contributed by atoms with E-state index in [9.17, 15) is 71.1 Å². The maximum atomic E-state index is 13.2. The number of halogens is 15. The first kappa shape index (κ1) is 28.3. The highest BCUT2D eigenvalue weighted by Gasteiger charge is 2.65. The molecule has 0 aromatic heterocycles. The van der Waals surface area contributed by atoms with Crippen molar-refractivity contribution in [3.8, 4) is 17.2 Å². The normalized spacial score (nSPS) is 14.2. The third-order valence-electron chi connectivity index (χ3n) is 2.95. The van der Waals surface area contributed by atoms with Crippen LogP contribution in [0.3, 0.4) is 0 Å². The summed E-state index contributed by atoms with van der Waals surface area (Å²) in [6.45, 7) is 0. The number of nitrogens with zero attached hydrogens (tertiary/aromatic N) is 1. The molecule has 0 atom stereocenters. The second-order valence-corrected chi connectivity index (χ2v) is 5.36. The number of hydrogen-bond donors (Lipinski definition) is 1. The zero-order valence-corrected chi connectivity index (χ0v) is 14.4. The molecule has 1 aromatic rings. The van der Waals surface area contributed by atoms with Gasteiger partial charge in [-0.15, -0.1) is 0 Å². The first-order valence-electron chi connectivity index (χ1n) is 7.08. The third kappa shape index (κ3) is 6.00. The Morgan fingerprint density at radius 1 is 0.576 bits per heavy atom. The monoisotopic (exact) mass is 526 g/mol. The summed E-state index contributed by atoms with van der Waals surface area (Å²) in [4.78, 5) is 0. The van der Waals surface area contributed by atoms with Crippen LogP contribution in [0, 0.1) is 5.21 Å². The van der Waals surface area contributed by atoms with Crippen molar-refractivity contribution in [2.45, 2.75) is 36.9 Å². The summed E-state index contributed by atoms with van der Waals surface area (Å²) >= 11 is 0. The minimum atomic E-state index is -6.90. The van der Waals surface area contributed by atoms with Crippen LogP contribution in [0.1, 0.15) is 0 Å². The predicted molar refractivity (Wildman–Crippen MR) is 69.0 cm³/mol. The van der Waals surface area contributed by atoms with Gasteiger partial charge in [-0.3, -0.25) is 5.21 Å². The molecule has 0 aliphatic rings. The molecule has 21 heteroatoms. The number of alkyl halides is 15. The Hall–Kier alpha value is -2.71. The maximum absolute atomic E-state index is 13.2. The highest BCUT2D eigenvalue weighted by atomic mass is 19.4. The second-order valence-electron chi connectivity index (χ2n) is 5.36. The Labute approximate surface area is 169 Å². The van der Waals surface area contributed by atoms with Crippen LogP contribution in [0.4, 0.5) is 71.5 Å². The summed E-state index contributed by atoms with van der Waals surface area (Å²) < 4.78 is 198. The van der Waals surface area contributed by atoms with Gasteiger partial charge in [0.15, 0.2) is 11.5 Å². The molecule has 0 fully saturated rings. The van der Waals surface area contributed by atoms with Crippen LogP contribution in [0.2, 0.25) is 0 Å². The van der Waals surface area contributed by atoms with Gasteiger partial charge < -0.3 is 24.6 Å². The largest absolute Gasteiger partial charge is 0.733 e. The molecule has 0 radical (unpaired) electrons. The third-order valence-corrected chi connectivity index (χ3v) is 2.95. The van der Waals surface area contributed by atoms with E-state index in [1.54, 1.807) is 0 Å². The van der Waals surface area contributed by atoms with E-state index >= 15 is 0 Å². The Kier molecular flexibility index (Phi) is 7.08. The van der Waals surface area contributed by atoms with E-state index in [-0.39, 0.29) is 0 Å². The van der Waals surface area contributed by atoms with Gasteiger partial charge in [0, 0.05) is 0 Å². The van der Waals surface area contributed by atoms with E-state index in [0.29, 0.717) is 0 Å². The molecule has 0 saturated carbocycles. The van der Waals surface area contributed by atoms with Gasteiger partial charge in [-0.2, -0.15) is 65.9 Å². The second kappa shape index (κ2) is 8.25. The van der Waals surface area contributed by atoms with E-state index in [0.717, 1.165) is 0 Å². The summed E-state index contributed by atoms with van der Waals surface area (Å²) in [6, 6.07) is -0.967. The molecule has 1 rings (SSSR count). The summed E-state index contributed by atoms with van der Waals surface area (Å²) in [5.74, 6) is -8.81. The number of ether oxygens (including phenoxy) is 3. The first-order valence-corrected chi connectivity index (χ1v) is 7.08. The molecule has 0 aliphatic carbocycles. The van der Waals surface area contributed by atoms with Gasteiger partial charge >= 0.3 is 36.9 Å². The average Bonchev–Trinajstić information content (AvgIpc) is 2.53. The fourth-order valence-electron chi connectivity index (χ4n) is 1.53. The lowest BCUT2D eigenvalue weighted by Crippen LogP contribution is -2.45. The molecule has 1 N–H and O–H groups in total. The highest BCUT2D eigenvalue weighted by molar-refractivity contribution is 5.69. The quantitative estimate of drug-likeness (QED) is 0.348. The lowest BCUT2D eigenvalue weighted by Gasteiger charge is -2.31. The molecule has 0 amide bonds. The van der Waals surface area contributed by atoms with Gasteiger partial charge in [0.2, 0.25) is 5.75 Å². The fourth-order valence-corrected chi connectivity index (χ4v) is 1.53. The van der Waals surface area contributed by atoms with Crippen molar-refractivity contribution in [2.24, 2.45) is 0 Å². The van der Waals surface area contributed by atoms with Crippen molar-refractivity contribution in [3.05, 3.63) is 17.3 Å². The van der Waals surface area contributed by atoms with Crippen LogP contribution in [0.25, 0.3) is 0 Å². The van der Waals surface area contributed by atoms with E-state index in [1.807, 2.05) is 0 Å². The van der Waals surface area contributed by atoms with Crippen molar-refractivity contribution >= 4 is 5.69 Å². The van der Waals surface area contributed by atoms with Crippen molar-refractivity contribution in [2.75, 3.05) is 5.23 Å². The van der Waals surface area contributed by atoms with Gasteiger partial charge in [0.05, 0.1) is 5.69 Å². The molecular weight excluding hydrogens is 523 g/mol. The minimum absolute atomic E-state index is 0.421. The van der Waals surface area contributed by atoms with Gasteiger partial charge in [0.25, 0.3) is 0 Å². The summed E-state index contributed by atoms with van der Waals surface area (Å²) in [5.41, 5.74) is -2.24. The Morgan fingerprint density at radius 3 is 1.24 bits per heavy atom. The Balaban J connectivity index is 3.91. The molecule has 6 nitrogen and oxygen atoms in total. The van der Waals surface area contributed by atoms with Crippen LogP contribution < -0.4 is 19.4 Å². The zero-order chi connectivity index (χ0) is 26.4. The molecule has 192 valence electrons. The van der Waals surface area contributed by atoms with Crippen LogP contribution in [0.5, 0.6) is 17.2 Å². The van der Waals surface area contributed by atoms with Crippen LogP contribution >= 0.6 is 0 Å². The number of rotatable bonds is 7. The van der Waals surface area contributed by atoms with Crippen LogP contribution in [0.15, 0.2) is 12.1 Å². The Morgan fingerprint density at radius 2 is 0.909 bits per heavy atom. The van der Waals surface area contributed by atoms with Gasteiger partial charge in [0.1, 0.15) is 0 Å². The lowest BCUT2D eigenvalue weighted by atomic mass is 10.2. The zero-order valence-electron chi connectivity index (χ0n) is 14.4. The molecule has 0 unspecified atom stereocenters. The van der Waals surface area contributed by atoms with E-state index < -0.39 is 77.1 Å². The summed E-state index contributed by atoms with van der Waals surface area (Å²) in [7, 11) is 0. The van der Waals surface area contributed by atoms with Crippen molar-refractivity contribution < 1.29 is 85.3 Å². The highest BCUT2D eigenvalue weighted by Crippen LogP contribution is 2.53. The lowest BCUT2D eigenvalue weighted by molar-refractivity contribution is -0.371. The van der Waals surface area contributed by atoms with Gasteiger partial charge in [-0.1, -0.05) is 0 Å². The minimum Gasteiger partial charge on any atom is -0.733 e. The molecular formula is C12H3F15NO5-. The number of hydrogen-bond acceptors (Lipinski definition) is 6. The summed E-state index contributed by atoms with van der Waals surface area (Å²) in [6.07, 6.45) is -40.3. The smallest absolute Gasteiger partial charge is 0.499 e. The predicted octanol–water partition coefficient (Wildman–Crippen LogP) is 5.98. The van der Waals surface area contributed by atoms with Gasteiger partial charge in [-0.05, 0) is 12.1 Å². The average molecular weight is 526 g/mol. The first-order chi connectivity index (χ1) is 14.3. The van der Waals surface area contributed by atoms with E-state index in [2.05, 4.69) is 14.2 Å². The topological polar surface area (TPSA) is 74.2 Å². The van der Waals surface area contributed by atoms with Crippen molar-refractivity contribution in [1.82, 2.24) is 0 Å². The van der Waals surface area contributed by atoms with Gasteiger partial charge in [-0.25, -0.2) is 0 Å². The van der Waals surface area contributed by atoms with E-state index in [4.69, 9.17) is 5.21 Å². The van der Waals surface area contributed by atoms with Crippen molar-refractivity contribution in [1.29, 1.82) is 0 Å². The summed E-state index contributed by atoms with van der Waals surface area (Å²) in [5, 5.41) is 17.8. The van der Waals surface area contributed by atoms with Crippen LogP contribution in [-0.2, 0) is 0 Å². The molecule has 0 spiro atoms. The molecule has 0 bridgehead atoms. The van der Waals surface area contributed by atoms with Crippen molar-refractivity contribution in [3.63, 3.8) is 0 Å². The SMILES string of the molecule is [O-]N(O)c1ccc(OC(F)(F)C(F)(F)F)c(OC(F)(F)C(F)(F)F)c1OC(F)(F)C(F)(F)F.